The van der Waals surface area contributed by atoms with E-state index in [0.29, 0.717) is 25.3 Å². The topological polar surface area (TPSA) is 72.3 Å². The van der Waals surface area contributed by atoms with E-state index >= 15 is 0 Å². The zero-order valence-corrected chi connectivity index (χ0v) is 16.3. The first-order chi connectivity index (χ1) is 11.8. The number of hydrogen-bond donors (Lipinski definition) is 0. The first-order valence-electron chi connectivity index (χ1n) is 9.26. The second-order valence-corrected chi connectivity index (χ2v) is 9.98. The number of aromatic nitrogens is 2. The number of amides is 1. The molecule has 1 aromatic heterocycles. The summed E-state index contributed by atoms with van der Waals surface area (Å²) in [5.41, 5.74) is 2.93. The van der Waals surface area contributed by atoms with Crippen LogP contribution in [0.1, 0.15) is 61.5 Å². The Hall–Kier alpha value is -1.37. The van der Waals surface area contributed by atoms with Gasteiger partial charge in [-0.3, -0.25) is 9.48 Å². The number of hydrogen-bond acceptors (Lipinski definition) is 4. The summed E-state index contributed by atoms with van der Waals surface area (Å²) < 4.78 is 25.4. The highest BCUT2D eigenvalue weighted by Crippen LogP contribution is 2.29. The maximum absolute atomic E-state index is 12.5. The largest absolute Gasteiger partial charge is 0.341 e. The van der Waals surface area contributed by atoms with Gasteiger partial charge in [-0.1, -0.05) is 12.8 Å². The molecule has 2 aliphatic rings. The third-order valence-electron chi connectivity index (χ3n) is 5.79. The van der Waals surface area contributed by atoms with Crippen molar-refractivity contribution < 1.29 is 13.2 Å². The highest BCUT2D eigenvalue weighted by atomic mass is 32.2. The van der Waals surface area contributed by atoms with Crippen LogP contribution in [-0.2, 0) is 21.2 Å². The van der Waals surface area contributed by atoms with E-state index in [1.165, 1.54) is 25.7 Å². The average molecular weight is 368 g/mol. The Labute approximate surface area is 150 Å². The van der Waals surface area contributed by atoms with Crippen molar-refractivity contribution in [2.24, 2.45) is 5.92 Å². The maximum atomic E-state index is 12.5. The van der Waals surface area contributed by atoms with Crippen LogP contribution in [0.15, 0.2) is 0 Å². The molecule has 140 valence electrons. The Kier molecular flexibility index (Phi) is 5.23. The second kappa shape index (κ2) is 7.09. The van der Waals surface area contributed by atoms with Crippen LogP contribution in [0.25, 0.3) is 0 Å². The molecule has 1 amide bonds. The van der Waals surface area contributed by atoms with Crippen LogP contribution in [0, 0.1) is 19.8 Å². The maximum Gasteiger partial charge on any atom is 0.222 e. The van der Waals surface area contributed by atoms with Crippen LogP contribution < -0.4 is 0 Å². The first kappa shape index (κ1) is 18.4. The minimum absolute atomic E-state index is 0.0723. The molecule has 2 fully saturated rings. The summed E-state index contributed by atoms with van der Waals surface area (Å²) in [5.74, 6) is 1.15. The number of carbonyl (C=O) groups excluding carboxylic acids is 1. The van der Waals surface area contributed by atoms with Gasteiger partial charge in [0.2, 0.25) is 5.91 Å². The third-order valence-corrected chi connectivity index (χ3v) is 7.54. The van der Waals surface area contributed by atoms with Gasteiger partial charge in [0.1, 0.15) is 0 Å². The van der Waals surface area contributed by atoms with Crippen molar-refractivity contribution in [2.75, 3.05) is 18.6 Å². The molecule has 7 heteroatoms. The van der Waals surface area contributed by atoms with Crippen molar-refractivity contribution in [3.8, 4) is 0 Å². The molecule has 1 aliphatic heterocycles. The predicted octanol–water partition coefficient (Wildman–Crippen LogP) is 2.40. The van der Waals surface area contributed by atoms with Crippen LogP contribution in [0.2, 0.25) is 0 Å². The predicted molar refractivity (Wildman–Crippen MR) is 97.1 cm³/mol. The molecule has 1 saturated carbocycles. The molecule has 0 N–H and O–H groups in total. The highest BCUT2D eigenvalue weighted by Gasteiger charge is 2.31. The van der Waals surface area contributed by atoms with Crippen LogP contribution in [0.4, 0.5) is 0 Å². The number of nitrogens with zero attached hydrogens (tertiary/aromatic N) is 3. The van der Waals surface area contributed by atoms with Gasteiger partial charge in [0.25, 0.3) is 0 Å². The summed E-state index contributed by atoms with van der Waals surface area (Å²) in [7, 11) is -1.08. The molecule has 0 aromatic carbocycles. The molecule has 1 atom stereocenters. The number of aryl methyl sites for hydroxylation is 1. The molecule has 0 unspecified atom stereocenters. The first-order valence-corrected chi connectivity index (χ1v) is 11.1. The fourth-order valence-electron chi connectivity index (χ4n) is 4.19. The molecule has 0 bridgehead atoms. The highest BCUT2D eigenvalue weighted by molar-refractivity contribution is 7.91. The van der Waals surface area contributed by atoms with Crippen molar-refractivity contribution in [1.29, 1.82) is 0 Å². The van der Waals surface area contributed by atoms with Gasteiger partial charge in [0.05, 0.1) is 23.2 Å². The Bertz CT molecular complexity index is 748. The third kappa shape index (κ3) is 4.07. The summed E-state index contributed by atoms with van der Waals surface area (Å²) in [5, 5.41) is 4.59. The minimum atomic E-state index is -2.94. The standard InChI is InChI=1S/C18H29N3O3S/c1-13-17(11-20(3)18(22)10-15-6-4-5-7-15)14(2)21(19-13)16-8-9-25(23,24)12-16/h15-16H,4-12H2,1-3H3/t16-/m1/s1. The molecule has 2 heterocycles. The quantitative estimate of drug-likeness (QED) is 0.801. The molecular formula is C18H29N3O3S. The summed E-state index contributed by atoms with van der Waals surface area (Å²) >= 11 is 0. The lowest BCUT2D eigenvalue weighted by molar-refractivity contribution is -0.131. The van der Waals surface area contributed by atoms with Gasteiger partial charge in [-0.25, -0.2) is 8.42 Å². The van der Waals surface area contributed by atoms with Gasteiger partial charge in [-0.2, -0.15) is 5.10 Å². The fraction of sp³-hybridized carbons (Fsp3) is 0.778. The lowest BCUT2D eigenvalue weighted by Crippen LogP contribution is -2.28. The molecule has 1 aliphatic carbocycles. The Balaban J connectivity index is 1.69. The number of carbonyl (C=O) groups is 1. The normalized spacial score (nSPS) is 23.2. The van der Waals surface area contributed by atoms with E-state index in [1.54, 1.807) is 4.90 Å². The molecular weight excluding hydrogens is 338 g/mol. The zero-order valence-electron chi connectivity index (χ0n) is 15.5. The summed E-state index contributed by atoms with van der Waals surface area (Å²) in [4.78, 5) is 14.3. The van der Waals surface area contributed by atoms with Gasteiger partial charge in [0.15, 0.2) is 9.84 Å². The summed E-state index contributed by atoms with van der Waals surface area (Å²) in [6.07, 6.45) is 6.11. The molecule has 3 rings (SSSR count). The van der Waals surface area contributed by atoms with E-state index in [0.717, 1.165) is 17.0 Å². The molecule has 6 nitrogen and oxygen atoms in total. The van der Waals surface area contributed by atoms with Crippen molar-refractivity contribution in [3.63, 3.8) is 0 Å². The van der Waals surface area contributed by atoms with E-state index in [9.17, 15) is 13.2 Å². The molecule has 1 saturated heterocycles. The van der Waals surface area contributed by atoms with Crippen LogP contribution >= 0.6 is 0 Å². The van der Waals surface area contributed by atoms with E-state index in [4.69, 9.17) is 0 Å². The van der Waals surface area contributed by atoms with E-state index in [2.05, 4.69) is 5.10 Å². The number of sulfone groups is 1. The van der Waals surface area contributed by atoms with Crippen molar-refractivity contribution in [1.82, 2.24) is 14.7 Å². The Morgan fingerprint density at radius 1 is 1.24 bits per heavy atom. The molecule has 1 aromatic rings. The molecule has 0 radical (unpaired) electrons. The van der Waals surface area contributed by atoms with E-state index < -0.39 is 9.84 Å². The van der Waals surface area contributed by atoms with E-state index in [-0.39, 0.29) is 23.5 Å². The van der Waals surface area contributed by atoms with Gasteiger partial charge < -0.3 is 4.90 Å². The smallest absolute Gasteiger partial charge is 0.222 e. The van der Waals surface area contributed by atoms with Gasteiger partial charge >= 0.3 is 0 Å². The Morgan fingerprint density at radius 2 is 1.92 bits per heavy atom. The molecule has 0 spiro atoms. The van der Waals surface area contributed by atoms with Crippen molar-refractivity contribution in [2.45, 2.75) is 65.0 Å². The minimum Gasteiger partial charge on any atom is -0.341 e. The summed E-state index contributed by atoms with van der Waals surface area (Å²) in [6, 6.07) is -0.0723. The fourth-order valence-corrected chi connectivity index (χ4v) is 5.88. The van der Waals surface area contributed by atoms with Gasteiger partial charge in [0, 0.05) is 31.3 Å². The molecule has 25 heavy (non-hydrogen) atoms. The zero-order chi connectivity index (χ0) is 18.2. The van der Waals surface area contributed by atoms with Crippen LogP contribution in [-0.4, -0.2) is 47.6 Å². The SMILES string of the molecule is Cc1nn([C@@H]2CCS(=O)(=O)C2)c(C)c1CN(C)C(=O)CC1CCCC1. The average Bonchev–Trinajstić information content (AvgIpc) is 3.23. The van der Waals surface area contributed by atoms with Crippen LogP contribution in [0.5, 0.6) is 0 Å². The lowest BCUT2D eigenvalue weighted by atomic mass is 10.0. The number of rotatable bonds is 5. The second-order valence-electron chi connectivity index (χ2n) is 7.76. The summed E-state index contributed by atoms with van der Waals surface area (Å²) in [6.45, 7) is 4.47. The van der Waals surface area contributed by atoms with Crippen LogP contribution in [0.3, 0.4) is 0 Å². The van der Waals surface area contributed by atoms with Gasteiger partial charge in [-0.05, 0) is 39.0 Å². The Morgan fingerprint density at radius 3 is 2.52 bits per heavy atom. The monoisotopic (exact) mass is 367 g/mol. The van der Waals surface area contributed by atoms with Crippen molar-refractivity contribution >= 4 is 15.7 Å². The van der Waals surface area contributed by atoms with E-state index in [1.807, 2.05) is 25.6 Å². The van der Waals surface area contributed by atoms with Gasteiger partial charge in [-0.15, -0.1) is 0 Å². The lowest BCUT2D eigenvalue weighted by Gasteiger charge is -2.20. The van der Waals surface area contributed by atoms with Crippen molar-refractivity contribution in [3.05, 3.63) is 17.0 Å².